The van der Waals surface area contributed by atoms with Crippen LogP contribution in [0.2, 0.25) is 0 Å². The van der Waals surface area contributed by atoms with E-state index in [4.69, 9.17) is 21.7 Å². The average Bonchev–Trinajstić information content (AvgIpc) is 3.01. The van der Waals surface area contributed by atoms with Gasteiger partial charge in [-0.15, -0.1) is 0 Å². The molecule has 0 rings (SSSR count). The van der Waals surface area contributed by atoms with Gasteiger partial charge in [-0.3, -0.25) is 9.59 Å². The molecule has 0 spiro atoms. The number of hydrogen-bond donors (Lipinski definition) is 4. The number of aliphatic carboxylic acids is 2. The fourth-order valence-corrected chi connectivity index (χ4v) is 5.30. The van der Waals surface area contributed by atoms with Crippen molar-refractivity contribution in [3.05, 3.63) is 0 Å². The van der Waals surface area contributed by atoms with Crippen molar-refractivity contribution in [3.63, 3.8) is 0 Å². The highest BCUT2D eigenvalue weighted by molar-refractivity contribution is 5.66. The number of carboxylic acids is 2. The molecule has 0 unspecified atom stereocenters. The van der Waals surface area contributed by atoms with Crippen molar-refractivity contribution in [2.24, 2.45) is 11.5 Å². The van der Waals surface area contributed by atoms with E-state index in [0.29, 0.717) is 25.9 Å². The first-order valence-corrected chi connectivity index (χ1v) is 19.3. The van der Waals surface area contributed by atoms with Crippen LogP contribution in [0.15, 0.2) is 0 Å². The number of rotatable bonds is 33. The minimum atomic E-state index is -0.653. The van der Waals surface area contributed by atoms with Crippen LogP contribution < -0.4 is 11.5 Å². The van der Waals surface area contributed by atoms with Crippen LogP contribution >= 0.6 is 0 Å². The van der Waals surface area contributed by atoms with Gasteiger partial charge < -0.3 is 21.7 Å². The van der Waals surface area contributed by atoms with E-state index in [1.165, 1.54) is 167 Å². The fourth-order valence-electron chi connectivity index (χ4n) is 5.30. The molecular formula is C38H80N2O4. The van der Waals surface area contributed by atoms with Crippen molar-refractivity contribution in [1.82, 2.24) is 0 Å². The monoisotopic (exact) mass is 629 g/mol. The molecule has 6 N–H and O–H groups in total. The number of unbranched alkanes of at least 4 members (excludes halogenated alkanes) is 28. The van der Waals surface area contributed by atoms with E-state index >= 15 is 0 Å². The maximum absolute atomic E-state index is 10.3. The lowest BCUT2D eigenvalue weighted by molar-refractivity contribution is -0.138. The molecule has 0 aromatic heterocycles. The van der Waals surface area contributed by atoms with Crippen LogP contribution in [0.3, 0.4) is 0 Å². The number of nitrogens with two attached hydrogens (primary N) is 2. The van der Waals surface area contributed by atoms with E-state index in [1.807, 2.05) is 0 Å². The zero-order chi connectivity index (χ0) is 33.2. The first-order chi connectivity index (χ1) is 21.5. The number of carboxylic acid groups (broad SMARTS) is 2. The lowest BCUT2D eigenvalue weighted by atomic mass is 10.0. The molecule has 0 saturated heterocycles. The molecule has 0 aromatic carbocycles. The molecule has 0 amide bonds. The van der Waals surface area contributed by atoms with Crippen LogP contribution in [0.5, 0.6) is 0 Å². The first-order valence-electron chi connectivity index (χ1n) is 19.3. The second-order valence-electron chi connectivity index (χ2n) is 12.8. The van der Waals surface area contributed by atoms with E-state index in [1.54, 1.807) is 0 Å². The number of carbonyl (C=O) groups is 2. The molecule has 6 nitrogen and oxygen atoms in total. The zero-order valence-electron chi connectivity index (χ0n) is 29.9. The van der Waals surface area contributed by atoms with Gasteiger partial charge in [0.2, 0.25) is 0 Å². The Morgan fingerprint density at radius 3 is 0.636 bits per heavy atom. The lowest BCUT2D eigenvalue weighted by Gasteiger charge is -2.03. The maximum Gasteiger partial charge on any atom is 0.303 e. The van der Waals surface area contributed by atoms with Gasteiger partial charge in [-0.05, 0) is 12.8 Å². The Morgan fingerprint density at radius 1 is 0.341 bits per heavy atom. The van der Waals surface area contributed by atoms with Crippen molar-refractivity contribution in [2.75, 3.05) is 13.1 Å². The van der Waals surface area contributed by atoms with Crippen LogP contribution in [0.25, 0.3) is 0 Å². The summed E-state index contributed by atoms with van der Waals surface area (Å²) in [5.41, 5.74) is 9.81. The fraction of sp³-hybridized carbons (Fsp3) is 0.947. The van der Waals surface area contributed by atoms with E-state index in [-0.39, 0.29) is 0 Å². The molecule has 0 aromatic rings. The summed E-state index contributed by atoms with van der Waals surface area (Å²) in [6.07, 6.45) is 40.4. The van der Waals surface area contributed by atoms with E-state index in [9.17, 15) is 9.59 Å². The highest BCUT2D eigenvalue weighted by atomic mass is 16.4. The summed E-state index contributed by atoms with van der Waals surface area (Å²) in [4.78, 5) is 20.7. The van der Waals surface area contributed by atoms with Crippen molar-refractivity contribution < 1.29 is 19.8 Å². The summed E-state index contributed by atoms with van der Waals surface area (Å²) in [5.74, 6) is -1.31. The molecule has 6 heteroatoms. The van der Waals surface area contributed by atoms with Crippen molar-refractivity contribution in [2.45, 2.75) is 219 Å². The Morgan fingerprint density at radius 2 is 0.500 bits per heavy atom. The third-order valence-electron chi connectivity index (χ3n) is 8.16. The molecule has 0 aliphatic heterocycles. The standard InChI is InChI=1S/2C18H36O2.C2H8N2/c2*1-2-3-4-5-6-7-8-9-10-11-12-13-14-15-16-17-18(19)20;3-1-2-4/h2*2-17H2,1H3,(H,19,20);1-4H2. The first kappa shape index (κ1) is 47.3. The van der Waals surface area contributed by atoms with Gasteiger partial charge in [-0.1, -0.05) is 194 Å². The zero-order valence-corrected chi connectivity index (χ0v) is 29.9. The summed E-state index contributed by atoms with van der Waals surface area (Å²) in [7, 11) is 0. The molecule has 44 heavy (non-hydrogen) atoms. The summed E-state index contributed by atoms with van der Waals surface area (Å²) < 4.78 is 0. The van der Waals surface area contributed by atoms with Crippen LogP contribution in [0, 0.1) is 0 Å². The summed E-state index contributed by atoms with van der Waals surface area (Å²) in [5, 5.41) is 17.0. The molecule has 0 radical (unpaired) electrons. The highest BCUT2D eigenvalue weighted by Crippen LogP contribution is 2.15. The Balaban J connectivity index is -0.000000680. The van der Waals surface area contributed by atoms with Gasteiger partial charge in [-0.25, -0.2) is 0 Å². The van der Waals surface area contributed by atoms with Crippen LogP contribution in [0.1, 0.15) is 219 Å². The van der Waals surface area contributed by atoms with E-state index < -0.39 is 11.9 Å². The molecular weight excluding hydrogens is 548 g/mol. The summed E-state index contributed by atoms with van der Waals surface area (Å²) in [6.45, 7) is 5.73. The van der Waals surface area contributed by atoms with Crippen LogP contribution in [0.4, 0.5) is 0 Å². The molecule has 0 fully saturated rings. The van der Waals surface area contributed by atoms with Crippen LogP contribution in [-0.2, 0) is 9.59 Å². The molecule has 0 saturated carbocycles. The molecule has 0 aliphatic rings. The van der Waals surface area contributed by atoms with Crippen molar-refractivity contribution >= 4 is 11.9 Å². The molecule has 266 valence electrons. The number of hydrogen-bond acceptors (Lipinski definition) is 4. The Hall–Kier alpha value is -1.14. The quantitative estimate of drug-likeness (QED) is 0.0535. The SMILES string of the molecule is CCCCCCCCCCCCCCCCCC(=O)O.CCCCCCCCCCCCCCCCCC(=O)O.NCCN. The van der Waals surface area contributed by atoms with Crippen molar-refractivity contribution in [3.8, 4) is 0 Å². The van der Waals surface area contributed by atoms with Gasteiger partial charge in [0, 0.05) is 25.9 Å². The highest BCUT2D eigenvalue weighted by Gasteiger charge is 1.98. The molecule has 0 atom stereocenters. The van der Waals surface area contributed by atoms with Crippen molar-refractivity contribution in [1.29, 1.82) is 0 Å². The topological polar surface area (TPSA) is 127 Å². The average molecular weight is 629 g/mol. The smallest absolute Gasteiger partial charge is 0.303 e. The minimum Gasteiger partial charge on any atom is -0.481 e. The molecule has 0 heterocycles. The van der Waals surface area contributed by atoms with Gasteiger partial charge >= 0.3 is 11.9 Å². The van der Waals surface area contributed by atoms with Gasteiger partial charge in [0.25, 0.3) is 0 Å². The molecule has 0 bridgehead atoms. The van der Waals surface area contributed by atoms with E-state index in [0.717, 1.165) is 25.7 Å². The molecule has 0 aliphatic carbocycles. The minimum absolute atomic E-state index is 0.345. The summed E-state index contributed by atoms with van der Waals surface area (Å²) in [6, 6.07) is 0. The third kappa shape index (κ3) is 56.6. The van der Waals surface area contributed by atoms with Gasteiger partial charge in [0.15, 0.2) is 0 Å². The van der Waals surface area contributed by atoms with Gasteiger partial charge in [0.1, 0.15) is 0 Å². The largest absolute Gasteiger partial charge is 0.481 e. The van der Waals surface area contributed by atoms with Crippen LogP contribution in [-0.4, -0.2) is 35.2 Å². The second kappa shape index (κ2) is 46.3. The Bertz CT molecular complexity index is 485. The second-order valence-corrected chi connectivity index (χ2v) is 12.8. The lowest BCUT2D eigenvalue weighted by Crippen LogP contribution is -2.11. The predicted molar refractivity (Wildman–Crippen MR) is 192 cm³/mol. The van der Waals surface area contributed by atoms with Gasteiger partial charge in [-0.2, -0.15) is 0 Å². The third-order valence-corrected chi connectivity index (χ3v) is 8.16. The summed E-state index contributed by atoms with van der Waals surface area (Å²) >= 11 is 0. The Kier molecular flexibility index (Phi) is 49.7. The van der Waals surface area contributed by atoms with E-state index in [2.05, 4.69) is 13.8 Å². The Labute approximate surface area is 275 Å². The van der Waals surface area contributed by atoms with Gasteiger partial charge in [0.05, 0.1) is 0 Å². The maximum atomic E-state index is 10.3. The predicted octanol–water partition coefficient (Wildman–Crippen LogP) is 11.6. The normalized spacial score (nSPS) is 10.5.